The van der Waals surface area contributed by atoms with Crippen molar-refractivity contribution in [3.8, 4) is 0 Å². The van der Waals surface area contributed by atoms with Gasteiger partial charge < -0.3 is 24.8 Å². The normalized spacial score (nSPS) is 17.8. The van der Waals surface area contributed by atoms with Crippen molar-refractivity contribution in [3.63, 3.8) is 0 Å². The quantitative estimate of drug-likeness (QED) is 0.386. The summed E-state index contributed by atoms with van der Waals surface area (Å²) in [7, 11) is -1.53. The topological polar surface area (TPSA) is 18.5 Å². The zero-order chi connectivity index (χ0) is 17.2. The molecule has 0 saturated heterocycles. The standard InChI is InChI=1S/C9H15O2Si.C9H7.C2H4.2ClH.Zr/c1-12(2,3)11-8-10-9-6-4-5-7-9;1-2-5-9-7-3-6-8(9)4-1;1-2;;;/h4,6H,5,8H2,1-3H3;1-7H;1H,2H3;2*1H;/q;;;;;+2/p-2. The minimum Gasteiger partial charge on any atom is -1.00 e. The Morgan fingerprint density at radius 1 is 1.15 bits per heavy atom. The number of rotatable bonds is 6. The molecule has 140 valence electrons. The van der Waals surface area contributed by atoms with Crippen molar-refractivity contribution in [3.05, 3.63) is 62.7 Å². The maximum atomic E-state index is 6.03. The molecule has 2 aliphatic carbocycles. The van der Waals surface area contributed by atoms with Gasteiger partial charge in [-0.3, -0.25) is 0 Å². The molecule has 1 atom stereocenters. The minimum atomic E-state index is -1.94. The molecule has 0 aliphatic heterocycles. The molecule has 26 heavy (non-hydrogen) atoms. The second-order valence-corrected chi connectivity index (χ2v) is 18.4. The second kappa shape index (κ2) is 10.3. The Bertz CT molecular complexity index is 748. The molecule has 0 bridgehead atoms. The summed E-state index contributed by atoms with van der Waals surface area (Å²) in [6.45, 7) is 9.20. The summed E-state index contributed by atoms with van der Waals surface area (Å²) in [6.07, 6.45) is 10.2. The van der Waals surface area contributed by atoms with Crippen molar-refractivity contribution < 1.29 is 55.2 Å². The maximum Gasteiger partial charge on any atom is -1.00 e. The van der Waals surface area contributed by atoms with Gasteiger partial charge >= 0.3 is 155 Å². The zero-order valence-corrected chi connectivity index (χ0v) is 20.7. The summed E-state index contributed by atoms with van der Waals surface area (Å²) in [6, 6.07) is 8.81. The molecular weight excluding hydrogens is 462 g/mol. The van der Waals surface area contributed by atoms with Crippen LogP contribution in [0.5, 0.6) is 0 Å². The first-order valence-corrected chi connectivity index (χ1v) is 16.1. The third kappa shape index (κ3) is 5.62. The first-order chi connectivity index (χ1) is 11.5. The van der Waals surface area contributed by atoms with Gasteiger partial charge in [0.25, 0.3) is 0 Å². The summed E-state index contributed by atoms with van der Waals surface area (Å²) in [4.78, 5) is 0. The van der Waals surface area contributed by atoms with Crippen molar-refractivity contribution in [2.24, 2.45) is 0 Å². The molecule has 1 aromatic carbocycles. The molecule has 0 heterocycles. The van der Waals surface area contributed by atoms with Crippen LogP contribution in [0.15, 0.2) is 51.5 Å². The van der Waals surface area contributed by atoms with Gasteiger partial charge in [0.2, 0.25) is 0 Å². The largest absolute Gasteiger partial charge is 1.00 e. The van der Waals surface area contributed by atoms with E-state index in [0.29, 0.717) is 10.4 Å². The SMILES string of the molecule is C[CH]=[Zr+2]([C]1=C(OCO[Si](C)(C)C)C=CC1)[CH]1C=Cc2ccccc21.[Cl-].[Cl-]. The fraction of sp³-hybridized carbons (Fsp3) is 0.350. The van der Waals surface area contributed by atoms with Crippen molar-refractivity contribution in [2.75, 3.05) is 6.79 Å². The van der Waals surface area contributed by atoms with Gasteiger partial charge in [-0.1, -0.05) is 0 Å². The van der Waals surface area contributed by atoms with E-state index in [-0.39, 0.29) is 24.8 Å². The molecule has 0 fully saturated rings. The Kier molecular flexibility index (Phi) is 9.46. The van der Waals surface area contributed by atoms with E-state index in [0.717, 1.165) is 12.2 Å². The van der Waals surface area contributed by atoms with Crippen LogP contribution in [0.1, 0.15) is 28.1 Å². The van der Waals surface area contributed by atoms with Crippen LogP contribution in [0.25, 0.3) is 6.08 Å². The van der Waals surface area contributed by atoms with Crippen molar-refractivity contribution in [1.82, 2.24) is 0 Å². The predicted octanol–water partition coefficient (Wildman–Crippen LogP) is -0.800. The van der Waals surface area contributed by atoms with Crippen LogP contribution in [-0.4, -0.2) is 18.8 Å². The van der Waals surface area contributed by atoms with Crippen LogP contribution in [-0.2, 0) is 30.4 Å². The van der Waals surface area contributed by atoms with E-state index in [9.17, 15) is 0 Å². The van der Waals surface area contributed by atoms with Gasteiger partial charge in [0.05, 0.1) is 0 Å². The predicted molar refractivity (Wildman–Crippen MR) is 101 cm³/mol. The Morgan fingerprint density at radius 3 is 2.58 bits per heavy atom. The van der Waals surface area contributed by atoms with Crippen molar-refractivity contribution in [2.45, 2.75) is 36.6 Å². The molecule has 1 aromatic rings. The number of benzene rings is 1. The van der Waals surface area contributed by atoms with E-state index in [2.05, 4.69) is 78.8 Å². The maximum absolute atomic E-state index is 6.03. The molecular formula is C20H26Cl2O2SiZr. The molecule has 1 unspecified atom stereocenters. The van der Waals surface area contributed by atoms with Crippen LogP contribution < -0.4 is 24.8 Å². The summed E-state index contributed by atoms with van der Waals surface area (Å²) in [5.41, 5.74) is 2.89. The summed E-state index contributed by atoms with van der Waals surface area (Å²) in [5.74, 6) is 1.08. The number of halogens is 2. The van der Waals surface area contributed by atoms with E-state index in [4.69, 9.17) is 9.16 Å². The molecule has 6 heteroatoms. The van der Waals surface area contributed by atoms with E-state index < -0.39 is 29.6 Å². The monoisotopic (exact) mass is 486 g/mol. The molecule has 0 amide bonds. The average molecular weight is 489 g/mol. The van der Waals surface area contributed by atoms with Gasteiger partial charge in [-0.05, 0) is 0 Å². The molecule has 3 rings (SSSR count). The molecule has 0 N–H and O–H groups in total. The number of hydrogen-bond acceptors (Lipinski definition) is 2. The van der Waals surface area contributed by atoms with Crippen LogP contribution in [0.2, 0.25) is 19.6 Å². The molecule has 2 aliphatic rings. The summed E-state index contributed by atoms with van der Waals surface area (Å²) >= 11 is -1.94. The third-order valence-corrected chi connectivity index (χ3v) is 12.6. The smallest absolute Gasteiger partial charge is 1.00 e. The average Bonchev–Trinajstić information content (AvgIpc) is 3.15. The van der Waals surface area contributed by atoms with Gasteiger partial charge in [-0.15, -0.1) is 0 Å². The van der Waals surface area contributed by atoms with E-state index in [1.54, 1.807) is 3.28 Å². The van der Waals surface area contributed by atoms with Crippen LogP contribution in [0.4, 0.5) is 0 Å². The van der Waals surface area contributed by atoms with Crippen molar-refractivity contribution in [1.29, 1.82) is 0 Å². The fourth-order valence-electron chi connectivity index (χ4n) is 3.21. The zero-order valence-electron chi connectivity index (χ0n) is 15.8. The molecule has 0 aromatic heterocycles. The van der Waals surface area contributed by atoms with E-state index >= 15 is 0 Å². The first-order valence-electron chi connectivity index (χ1n) is 8.60. The number of hydrogen-bond donors (Lipinski definition) is 0. The number of fused-ring (bicyclic) bond motifs is 1. The summed E-state index contributed by atoms with van der Waals surface area (Å²) < 4.78 is 16.6. The van der Waals surface area contributed by atoms with Crippen LogP contribution in [0, 0.1) is 0 Å². The Labute approximate surface area is 178 Å². The van der Waals surface area contributed by atoms with Gasteiger partial charge in [-0.2, -0.15) is 0 Å². The third-order valence-electron chi connectivity index (χ3n) is 4.39. The Hall–Kier alpha value is -0.250. The van der Waals surface area contributed by atoms with E-state index in [1.807, 2.05) is 0 Å². The van der Waals surface area contributed by atoms with Crippen LogP contribution in [0.3, 0.4) is 0 Å². The minimum absolute atomic E-state index is 0. The summed E-state index contributed by atoms with van der Waals surface area (Å²) in [5, 5.41) is 0. The van der Waals surface area contributed by atoms with Gasteiger partial charge in [-0.25, -0.2) is 0 Å². The fourth-order valence-corrected chi connectivity index (χ4v) is 10.5. The van der Waals surface area contributed by atoms with E-state index in [1.165, 1.54) is 11.1 Å². The number of allylic oxidation sites excluding steroid dienone is 4. The molecule has 0 saturated carbocycles. The Balaban J connectivity index is 0.00000169. The first kappa shape index (κ1) is 23.8. The molecule has 0 radical (unpaired) electrons. The molecule has 0 spiro atoms. The van der Waals surface area contributed by atoms with Gasteiger partial charge in [0, 0.05) is 0 Å². The van der Waals surface area contributed by atoms with Gasteiger partial charge in [0.1, 0.15) is 0 Å². The Morgan fingerprint density at radius 2 is 1.88 bits per heavy atom. The van der Waals surface area contributed by atoms with Gasteiger partial charge in [0.15, 0.2) is 0 Å². The molecule has 2 nitrogen and oxygen atoms in total. The van der Waals surface area contributed by atoms with Crippen molar-refractivity contribution >= 4 is 18.1 Å². The number of ether oxygens (including phenoxy) is 1. The second-order valence-electron chi connectivity index (χ2n) is 7.18. The van der Waals surface area contributed by atoms with Crippen LogP contribution >= 0.6 is 0 Å².